The molecule has 0 aliphatic heterocycles. The molecule has 7 nitrogen and oxygen atoms in total. The summed E-state index contributed by atoms with van der Waals surface area (Å²) in [5.41, 5.74) is -1.32. The summed E-state index contributed by atoms with van der Waals surface area (Å²) in [7, 11) is 0. The molecule has 0 unspecified atom stereocenters. The van der Waals surface area contributed by atoms with Crippen molar-refractivity contribution in [1.29, 1.82) is 5.26 Å². The zero-order chi connectivity index (χ0) is 26.6. The molecule has 0 radical (unpaired) electrons. The van der Waals surface area contributed by atoms with Crippen LogP contribution in [0.4, 0.5) is 24.5 Å². The fourth-order valence-corrected chi connectivity index (χ4v) is 3.60. The molecule has 0 atom stereocenters. The Balaban J connectivity index is 2.05. The number of nitrogens with zero attached hydrogens (tertiary/aromatic N) is 2. The molecule has 0 aliphatic rings. The molecule has 0 heterocycles. The Hall–Kier alpha value is -4.07. The van der Waals surface area contributed by atoms with E-state index >= 15 is 0 Å². The Labute approximate surface area is 212 Å². The average Bonchev–Trinajstić information content (AvgIpc) is 2.78. The lowest BCUT2D eigenvalue weighted by Gasteiger charge is -2.14. The van der Waals surface area contributed by atoms with Gasteiger partial charge < -0.3 is 10.1 Å². The minimum absolute atomic E-state index is 0.0161. The molecule has 0 saturated carbocycles. The summed E-state index contributed by atoms with van der Waals surface area (Å²) in [5, 5.41) is 23.5. The summed E-state index contributed by atoms with van der Waals surface area (Å²) in [4.78, 5) is 23.0. The van der Waals surface area contributed by atoms with E-state index in [0.29, 0.717) is 17.8 Å². The minimum Gasteiger partial charge on any atom is -0.448 e. The number of amides is 1. The summed E-state index contributed by atoms with van der Waals surface area (Å²) < 4.78 is 44.6. The molecule has 0 bridgehead atoms. The van der Waals surface area contributed by atoms with Gasteiger partial charge in [-0.1, -0.05) is 35.3 Å². The second-order valence-electron chi connectivity index (χ2n) is 7.34. The predicted octanol–water partition coefficient (Wildman–Crippen LogP) is 7.57. The number of ether oxygens (including phenoxy) is 1. The lowest BCUT2D eigenvalue weighted by molar-refractivity contribution is -0.385. The normalized spacial score (nSPS) is 11.5. The molecule has 1 N–H and O–H groups in total. The van der Waals surface area contributed by atoms with Crippen LogP contribution in [0.15, 0.2) is 60.2 Å². The Morgan fingerprint density at radius 1 is 1.17 bits per heavy atom. The highest BCUT2D eigenvalue weighted by Gasteiger charge is 2.33. The summed E-state index contributed by atoms with van der Waals surface area (Å²) in [6, 6.07) is 12.8. The number of aryl methyl sites for hydroxylation is 1. The van der Waals surface area contributed by atoms with Crippen LogP contribution in [0, 0.1) is 28.4 Å². The number of alkyl halides is 3. The van der Waals surface area contributed by atoms with Gasteiger partial charge in [-0.25, -0.2) is 0 Å². The molecular weight excluding hydrogens is 522 g/mol. The van der Waals surface area contributed by atoms with E-state index in [0.717, 1.165) is 17.7 Å². The Bertz CT molecular complexity index is 1430. The van der Waals surface area contributed by atoms with Gasteiger partial charge in [0.05, 0.1) is 15.5 Å². The van der Waals surface area contributed by atoms with Gasteiger partial charge in [-0.3, -0.25) is 14.9 Å². The van der Waals surface area contributed by atoms with Crippen LogP contribution in [0.1, 0.15) is 16.7 Å². The van der Waals surface area contributed by atoms with E-state index in [1.807, 2.05) is 13.0 Å². The van der Waals surface area contributed by atoms with Crippen molar-refractivity contribution >= 4 is 46.6 Å². The van der Waals surface area contributed by atoms with Crippen molar-refractivity contribution in [2.75, 3.05) is 5.32 Å². The molecule has 0 aromatic heterocycles. The SMILES string of the molecule is Cc1cccc(NC(=O)/C(C#N)=C/c2cc(Cl)cc(Cl)c2Oc2ccc(C(F)(F)F)cc2[N+](=O)[O-])c1. The van der Waals surface area contributed by atoms with Gasteiger partial charge in [0, 0.05) is 22.3 Å². The van der Waals surface area contributed by atoms with E-state index in [1.54, 1.807) is 24.3 Å². The molecule has 0 saturated heterocycles. The van der Waals surface area contributed by atoms with E-state index in [9.17, 15) is 33.3 Å². The third kappa shape index (κ3) is 6.33. The van der Waals surface area contributed by atoms with Crippen LogP contribution in [-0.4, -0.2) is 10.8 Å². The first-order valence-corrected chi connectivity index (χ1v) is 10.7. The number of hydrogen-bond acceptors (Lipinski definition) is 5. The maximum Gasteiger partial charge on any atom is 0.416 e. The van der Waals surface area contributed by atoms with Crippen molar-refractivity contribution in [3.05, 3.63) is 97.0 Å². The quantitative estimate of drug-likeness (QED) is 0.151. The molecule has 1 amide bonds. The van der Waals surface area contributed by atoms with Crippen molar-refractivity contribution in [2.24, 2.45) is 0 Å². The summed E-state index contributed by atoms with van der Waals surface area (Å²) in [5.74, 6) is -1.58. The highest BCUT2D eigenvalue weighted by atomic mass is 35.5. The van der Waals surface area contributed by atoms with Crippen molar-refractivity contribution in [2.45, 2.75) is 13.1 Å². The topological polar surface area (TPSA) is 105 Å². The van der Waals surface area contributed by atoms with Crippen LogP contribution in [0.25, 0.3) is 6.08 Å². The van der Waals surface area contributed by atoms with Crippen LogP contribution in [0.5, 0.6) is 11.5 Å². The zero-order valence-electron chi connectivity index (χ0n) is 18.2. The third-order valence-electron chi connectivity index (χ3n) is 4.67. The van der Waals surface area contributed by atoms with E-state index < -0.39 is 34.0 Å². The predicted molar refractivity (Wildman–Crippen MR) is 128 cm³/mol. The average molecular weight is 536 g/mol. The fraction of sp³-hybridized carbons (Fsp3) is 0.0833. The first-order valence-electron chi connectivity index (χ1n) is 9.91. The second kappa shape index (κ2) is 10.7. The summed E-state index contributed by atoms with van der Waals surface area (Å²) >= 11 is 12.2. The number of halogens is 5. The summed E-state index contributed by atoms with van der Waals surface area (Å²) in [6.45, 7) is 1.81. The highest BCUT2D eigenvalue weighted by Crippen LogP contribution is 2.42. The molecule has 184 valence electrons. The van der Waals surface area contributed by atoms with Gasteiger partial charge in [0.15, 0.2) is 5.75 Å². The largest absolute Gasteiger partial charge is 0.448 e. The molecule has 12 heteroatoms. The Morgan fingerprint density at radius 3 is 2.50 bits per heavy atom. The monoisotopic (exact) mass is 535 g/mol. The fourth-order valence-electron chi connectivity index (χ4n) is 3.05. The number of hydrogen-bond donors (Lipinski definition) is 1. The lowest BCUT2D eigenvalue weighted by atomic mass is 10.1. The van der Waals surface area contributed by atoms with Gasteiger partial charge in [0.2, 0.25) is 5.75 Å². The van der Waals surface area contributed by atoms with Crippen molar-refractivity contribution in [3.8, 4) is 17.6 Å². The Morgan fingerprint density at radius 2 is 1.89 bits per heavy atom. The van der Waals surface area contributed by atoms with Gasteiger partial charge in [0.25, 0.3) is 5.91 Å². The molecule has 3 aromatic carbocycles. The number of nitriles is 1. The molecular formula is C24H14Cl2F3N3O4. The second-order valence-corrected chi connectivity index (χ2v) is 8.18. The Kier molecular flexibility index (Phi) is 7.87. The first-order chi connectivity index (χ1) is 16.9. The molecule has 3 rings (SSSR count). The molecule has 0 spiro atoms. The molecule has 3 aromatic rings. The number of benzene rings is 3. The van der Waals surface area contributed by atoms with Gasteiger partial charge in [-0.05, 0) is 55.0 Å². The van der Waals surface area contributed by atoms with Gasteiger partial charge in [-0.15, -0.1) is 0 Å². The lowest BCUT2D eigenvalue weighted by Crippen LogP contribution is -2.13. The van der Waals surface area contributed by atoms with E-state index in [2.05, 4.69) is 5.32 Å². The number of carbonyl (C=O) groups excluding carboxylic acids is 1. The van der Waals surface area contributed by atoms with E-state index in [4.69, 9.17) is 27.9 Å². The van der Waals surface area contributed by atoms with Crippen LogP contribution >= 0.6 is 23.2 Å². The van der Waals surface area contributed by atoms with E-state index in [-0.39, 0.29) is 26.9 Å². The number of nitro benzene ring substituents is 1. The first kappa shape index (κ1) is 26.5. The van der Waals surface area contributed by atoms with Crippen LogP contribution in [-0.2, 0) is 11.0 Å². The highest BCUT2D eigenvalue weighted by molar-refractivity contribution is 6.36. The van der Waals surface area contributed by atoms with Crippen LogP contribution in [0.2, 0.25) is 10.0 Å². The maximum atomic E-state index is 13.0. The number of anilines is 1. The van der Waals surface area contributed by atoms with Crippen LogP contribution in [0.3, 0.4) is 0 Å². The zero-order valence-corrected chi connectivity index (χ0v) is 19.7. The number of carbonyl (C=O) groups is 1. The van der Waals surface area contributed by atoms with Gasteiger partial charge >= 0.3 is 11.9 Å². The maximum absolute atomic E-state index is 13.0. The smallest absolute Gasteiger partial charge is 0.416 e. The molecule has 0 fully saturated rings. The minimum atomic E-state index is -4.82. The van der Waals surface area contributed by atoms with Crippen molar-refractivity contribution in [3.63, 3.8) is 0 Å². The molecule has 36 heavy (non-hydrogen) atoms. The van der Waals surface area contributed by atoms with Gasteiger partial charge in [0.1, 0.15) is 11.6 Å². The number of nitro groups is 1. The summed E-state index contributed by atoms with van der Waals surface area (Å²) in [6.07, 6.45) is -3.73. The van der Waals surface area contributed by atoms with Crippen LogP contribution < -0.4 is 10.1 Å². The van der Waals surface area contributed by atoms with Crippen molar-refractivity contribution < 1.29 is 27.6 Å². The standard InChI is InChI=1S/C24H14Cl2F3N3O4/c1-13-3-2-4-18(7-13)31-23(33)15(12-30)8-14-9-17(25)11-19(26)22(14)36-21-6-5-16(24(27,28)29)10-20(21)32(34)35/h2-11H,1H3,(H,31,33)/b15-8+. The van der Waals surface area contributed by atoms with Gasteiger partial charge in [-0.2, -0.15) is 18.4 Å². The number of rotatable bonds is 6. The molecule has 0 aliphatic carbocycles. The number of nitrogens with one attached hydrogen (secondary N) is 1. The van der Waals surface area contributed by atoms with Crippen molar-refractivity contribution in [1.82, 2.24) is 0 Å². The van der Waals surface area contributed by atoms with E-state index in [1.165, 1.54) is 12.1 Å². The third-order valence-corrected chi connectivity index (χ3v) is 5.17.